The number of nitrogens with one attached hydrogen (secondary N) is 2. The molecule has 0 spiro atoms. The summed E-state index contributed by atoms with van der Waals surface area (Å²) in [5.41, 5.74) is 0. The smallest absolute Gasteiger partial charge is 0.221 e. The van der Waals surface area contributed by atoms with Gasteiger partial charge in [-0.25, -0.2) is 0 Å². The van der Waals surface area contributed by atoms with E-state index in [1.165, 1.54) is 0 Å². The third-order valence-corrected chi connectivity index (χ3v) is 2.70. The average Bonchev–Trinajstić information content (AvgIpc) is 3.00. The first-order chi connectivity index (χ1) is 7.26. The molecule has 1 atom stereocenters. The Morgan fingerprint density at radius 3 is 2.80 bits per heavy atom. The van der Waals surface area contributed by atoms with Crippen molar-refractivity contribution >= 4 is 5.91 Å². The van der Waals surface area contributed by atoms with Crippen LogP contribution >= 0.6 is 0 Å². The maximum Gasteiger partial charge on any atom is 0.221 e. The fourth-order valence-corrected chi connectivity index (χ4v) is 1.52. The van der Waals surface area contributed by atoms with Crippen molar-refractivity contribution in [3.63, 3.8) is 0 Å². The predicted octanol–water partition coefficient (Wildman–Crippen LogP) is 0.406. The molecule has 0 bridgehead atoms. The monoisotopic (exact) mass is 214 g/mol. The van der Waals surface area contributed by atoms with Crippen molar-refractivity contribution in [2.75, 3.05) is 13.2 Å². The van der Waals surface area contributed by atoms with E-state index in [2.05, 4.69) is 17.6 Å². The maximum atomic E-state index is 11.3. The van der Waals surface area contributed by atoms with Gasteiger partial charge in [0.05, 0.1) is 0 Å². The van der Waals surface area contributed by atoms with E-state index in [1.54, 1.807) is 0 Å². The first-order valence-electron chi connectivity index (χ1n) is 5.89. The van der Waals surface area contributed by atoms with Gasteiger partial charge in [0.1, 0.15) is 0 Å². The molecule has 1 aliphatic rings. The van der Waals surface area contributed by atoms with Crippen molar-refractivity contribution in [1.29, 1.82) is 0 Å². The van der Waals surface area contributed by atoms with Crippen LogP contribution < -0.4 is 10.6 Å². The second kappa shape index (κ2) is 6.80. The lowest BCUT2D eigenvalue weighted by molar-refractivity contribution is -0.121. The summed E-state index contributed by atoms with van der Waals surface area (Å²) < 4.78 is 0. The zero-order valence-electron chi connectivity index (χ0n) is 9.46. The van der Waals surface area contributed by atoms with Crippen LogP contribution in [0.25, 0.3) is 0 Å². The number of rotatable bonds is 8. The van der Waals surface area contributed by atoms with Crippen molar-refractivity contribution in [3.05, 3.63) is 0 Å². The maximum absolute atomic E-state index is 11.3. The average molecular weight is 214 g/mol. The Bertz CT molecular complexity index is 193. The van der Waals surface area contributed by atoms with Gasteiger partial charge in [0.25, 0.3) is 0 Å². The quantitative estimate of drug-likeness (QED) is 0.548. The fourth-order valence-electron chi connectivity index (χ4n) is 1.52. The van der Waals surface area contributed by atoms with Crippen molar-refractivity contribution in [2.24, 2.45) is 0 Å². The van der Waals surface area contributed by atoms with E-state index in [-0.39, 0.29) is 12.5 Å². The van der Waals surface area contributed by atoms with E-state index in [0.717, 1.165) is 25.7 Å². The van der Waals surface area contributed by atoms with Gasteiger partial charge in [-0.1, -0.05) is 6.92 Å². The van der Waals surface area contributed by atoms with Crippen LogP contribution in [-0.2, 0) is 4.79 Å². The minimum Gasteiger partial charge on any atom is -0.396 e. The van der Waals surface area contributed by atoms with Gasteiger partial charge in [-0.05, 0) is 25.7 Å². The molecule has 3 N–H and O–H groups in total. The van der Waals surface area contributed by atoms with Crippen LogP contribution in [-0.4, -0.2) is 36.2 Å². The first-order valence-corrected chi connectivity index (χ1v) is 5.89. The molecule has 1 unspecified atom stereocenters. The molecule has 0 aromatic rings. The van der Waals surface area contributed by atoms with Gasteiger partial charge in [-0.2, -0.15) is 0 Å². The number of carbonyl (C=O) groups excluding carboxylic acids is 1. The lowest BCUT2D eigenvalue weighted by Crippen LogP contribution is -2.34. The summed E-state index contributed by atoms with van der Waals surface area (Å²) in [5.74, 6) is 0.142. The predicted molar refractivity (Wildman–Crippen MR) is 59.6 cm³/mol. The summed E-state index contributed by atoms with van der Waals surface area (Å²) in [7, 11) is 0. The van der Waals surface area contributed by atoms with Crippen LogP contribution in [0.2, 0.25) is 0 Å². The van der Waals surface area contributed by atoms with E-state index < -0.39 is 0 Å². The van der Waals surface area contributed by atoms with Gasteiger partial charge >= 0.3 is 0 Å². The van der Waals surface area contributed by atoms with Gasteiger partial charge in [-0.3, -0.25) is 4.79 Å². The summed E-state index contributed by atoms with van der Waals surface area (Å²) in [6.07, 6.45) is 4.58. The Balaban J connectivity index is 2.00. The van der Waals surface area contributed by atoms with Gasteiger partial charge < -0.3 is 15.7 Å². The molecule has 4 heteroatoms. The van der Waals surface area contributed by atoms with Crippen LogP contribution in [0.15, 0.2) is 0 Å². The van der Waals surface area contributed by atoms with E-state index in [4.69, 9.17) is 5.11 Å². The number of amides is 1. The van der Waals surface area contributed by atoms with E-state index >= 15 is 0 Å². The van der Waals surface area contributed by atoms with Crippen LogP contribution in [0.5, 0.6) is 0 Å². The van der Waals surface area contributed by atoms with E-state index in [0.29, 0.717) is 25.0 Å². The van der Waals surface area contributed by atoms with Crippen molar-refractivity contribution in [3.8, 4) is 0 Å². The zero-order valence-corrected chi connectivity index (χ0v) is 9.46. The van der Waals surface area contributed by atoms with Crippen molar-refractivity contribution < 1.29 is 9.90 Å². The summed E-state index contributed by atoms with van der Waals surface area (Å²) in [6, 6.07) is 0.792. The number of aliphatic hydroxyl groups is 1. The Morgan fingerprint density at radius 1 is 1.53 bits per heavy atom. The van der Waals surface area contributed by atoms with Crippen molar-refractivity contribution in [1.82, 2.24) is 10.6 Å². The van der Waals surface area contributed by atoms with Crippen LogP contribution in [0.4, 0.5) is 0 Å². The Kier molecular flexibility index (Phi) is 5.65. The molecule has 0 radical (unpaired) electrons. The highest BCUT2D eigenvalue weighted by molar-refractivity contribution is 5.76. The SMILES string of the molecule is CCC(CCO)NCCC(=O)NC1CC1. The van der Waals surface area contributed by atoms with Crippen LogP contribution in [0.3, 0.4) is 0 Å². The molecule has 1 rings (SSSR count). The highest BCUT2D eigenvalue weighted by Crippen LogP contribution is 2.18. The van der Waals surface area contributed by atoms with Gasteiger partial charge in [0.15, 0.2) is 0 Å². The number of aliphatic hydroxyl groups excluding tert-OH is 1. The molecule has 1 saturated carbocycles. The van der Waals surface area contributed by atoms with Gasteiger partial charge in [-0.15, -0.1) is 0 Å². The van der Waals surface area contributed by atoms with Crippen molar-refractivity contribution in [2.45, 2.75) is 51.1 Å². The third kappa shape index (κ3) is 5.74. The second-order valence-corrected chi connectivity index (χ2v) is 4.16. The summed E-state index contributed by atoms with van der Waals surface area (Å²) >= 11 is 0. The Morgan fingerprint density at radius 2 is 2.27 bits per heavy atom. The molecular formula is C11H22N2O2. The molecule has 0 heterocycles. The standard InChI is InChI=1S/C11H22N2O2/c1-2-9(6-8-14)12-7-5-11(15)13-10-3-4-10/h9-10,12,14H,2-8H2,1H3,(H,13,15). The largest absolute Gasteiger partial charge is 0.396 e. The molecule has 4 nitrogen and oxygen atoms in total. The Labute approximate surface area is 91.4 Å². The lowest BCUT2D eigenvalue weighted by Gasteiger charge is -2.15. The molecule has 1 aliphatic carbocycles. The minimum absolute atomic E-state index is 0.142. The molecule has 0 saturated heterocycles. The molecule has 15 heavy (non-hydrogen) atoms. The van der Waals surface area contributed by atoms with Gasteiger partial charge in [0, 0.05) is 31.7 Å². The summed E-state index contributed by atoms with van der Waals surface area (Å²) in [4.78, 5) is 11.3. The zero-order chi connectivity index (χ0) is 11.1. The molecule has 1 amide bonds. The summed E-state index contributed by atoms with van der Waals surface area (Å²) in [5, 5.41) is 15.0. The normalized spacial score (nSPS) is 17.5. The topological polar surface area (TPSA) is 61.4 Å². The highest BCUT2D eigenvalue weighted by atomic mass is 16.3. The first kappa shape index (κ1) is 12.5. The third-order valence-electron chi connectivity index (χ3n) is 2.70. The molecular weight excluding hydrogens is 192 g/mol. The summed E-state index contributed by atoms with van der Waals surface area (Å²) in [6.45, 7) is 2.99. The number of carbonyl (C=O) groups is 1. The molecule has 0 aromatic carbocycles. The molecule has 0 aliphatic heterocycles. The van der Waals surface area contributed by atoms with E-state index in [1.807, 2.05) is 0 Å². The number of hydrogen-bond donors (Lipinski definition) is 3. The Hall–Kier alpha value is -0.610. The van der Waals surface area contributed by atoms with Crippen LogP contribution in [0.1, 0.15) is 39.0 Å². The lowest BCUT2D eigenvalue weighted by atomic mass is 10.1. The fraction of sp³-hybridized carbons (Fsp3) is 0.909. The van der Waals surface area contributed by atoms with Gasteiger partial charge in [0.2, 0.25) is 5.91 Å². The number of hydrogen-bond acceptors (Lipinski definition) is 3. The molecule has 1 fully saturated rings. The molecule has 88 valence electrons. The van der Waals surface area contributed by atoms with Crippen LogP contribution in [0, 0.1) is 0 Å². The highest BCUT2D eigenvalue weighted by Gasteiger charge is 2.22. The second-order valence-electron chi connectivity index (χ2n) is 4.16. The minimum atomic E-state index is 0.142. The van der Waals surface area contributed by atoms with E-state index in [9.17, 15) is 4.79 Å². The molecule has 0 aromatic heterocycles.